The number of ether oxygens (including phenoxy) is 7. The summed E-state index contributed by atoms with van der Waals surface area (Å²) in [5.41, 5.74) is 20.2. The van der Waals surface area contributed by atoms with E-state index in [4.69, 9.17) is 128 Å². The molecular formula is C104H116Cl3N17O11S3. The van der Waals surface area contributed by atoms with Gasteiger partial charge >= 0.3 is 17.9 Å². The van der Waals surface area contributed by atoms with Crippen molar-refractivity contribution >= 4 is 151 Å². The monoisotopic (exact) mass is 1980 g/mol. The normalized spacial score (nSPS) is 16.7. The predicted molar refractivity (Wildman–Crippen MR) is 544 cm³/mol. The Labute approximate surface area is 828 Å². The van der Waals surface area contributed by atoms with Gasteiger partial charge in [0.15, 0.2) is 35.3 Å². The summed E-state index contributed by atoms with van der Waals surface area (Å²) in [6.07, 6.45) is 12.3. The molecule has 0 bridgehead atoms. The average molecular weight is 1980 g/mol. The third kappa shape index (κ3) is 20.6. The van der Waals surface area contributed by atoms with E-state index in [0.717, 1.165) is 244 Å². The highest BCUT2D eigenvalue weighted by molar-refractivity contribution is 7.23. The van der Waals surface area contributed by atoms with Crippen molar-refractivity contribution in [1.82, 2.24) is 84.0 Å². The summed E-state index contributed by atoms with van der Waals surface area (Å²) >= 11 is 23.4. The Hall–Kier alpha value is -10.4. The molecule has 5 fully saturated rings. The van der Waals surface area contributed by atoms with Gasteiger partial charge in [0.2, 0.25) is 0 Å². The van der Waals surface area contributed by atoms with Crippen LogP contribution in [0.1, 0.15) is 220 Å². The molecule has 6 aromatic carbocycles. The number of nitrogens with zero attached hydrogens (tertiary/aromatic N) is 17. The van der Waals surface area contributed by atoms with Crippen LogP contribution in [-0.2, 0) is 68.7 Å². The fourth-order valence-corrected chi connectivity index (χ4v) is 23.1. The smallest absolute Gasteiger partial charge is 0.339 e. The number of hydrogen-bond donors (Lipinski definition) is 1. The Morgan fingerprint density at radius 3 is 0.993 bits per heavy atom. The Kier molecular flexibility index (Phi) is 28.6. The minimum absolute atomic E-state index is 0.247. The van der Waals surface area contributed by atoms with Gasteiger partial charge in [0.1, 0.15) is 48.7 Å². The number of carboxylic acid groups (broad SMARTS) is 1. The third-order valence-electron chi connectivity index (χ3n) is 26.0. The zero-order chi connectivity index (χ0) is 97.2. The number of halogens is 3. The van der Waals surface area contributed by atoms with Gasteiger partial charge in [-0.05, 0) is 250 Å². The van der Waals surface area contributed by atoms with E-state index in [-0.39, 0.29) is 13.2 Å². The lowest BCUT2D eigenvalue weighted by Crippen LogP contribution is -2.51. The predicted octanol–water partition coefficient (Wildman–Crippen LogP) is 22.8. The summed E-state index contributed by atoms with van der Waals surface area (Å²) in [5, 5.41) is 29.1. The molecule has 9 aromatic heterocycles. The quantitative estimate of drug-likeness (QED) is 0.0616. The van der Waals surface area contributed by atoms with Gasteiger partial charge in [-0.15, -0.1) is 34.0 Å². The minimum atomic E-state index is -1.18. The van der Waals surface area contributed by atoms with Crippen molar-refractivity contribution in [1.29, 1.82) is 0 Å². The van der Waals surface area contributed by atoms with Gasteiger partial charge in [-0.25, -0.2) is 73.3 Å². The van der Waals surface area contributed by atoms with E-state index >= 15 is 0 Å². The number of rotatable bonds is 22. The van der Waals surface area contributed by atoms with Crippen LogP contribution in [0.15, 0.2) is 110 Å². The first-order chi connectivity index (χ1) is 66.0. The lowest BCUT2D eigenvalue weighted by molar-refractivity contribution is -0.167. The number of hydrogen-bond acceptors (Lipinski definition) is 27. The van der Waals surface area contributed by atoms with Gasteiger partial charge in [-0.1, -0.05) is 90.5 Å². The van der Waals surface area contributed by atoms with Gasteiger partial charge in [-0.3, -0.25) is 9.80 Å². The molecule has 4 saturated heterocycles. The molecule has 0 radical (unpaired) electrons. The second-order valence-electron chi connectivity index (χ2n) is 39.4. The molecule has 20 rings (SSSR count). The molecule has 15 aromatic rings. The third-order valence-corrected chi connectivity index (χ3v) is 30.1. The topological polar surface area (TPSA) is 312 Å². The van der Waals surface area contributed by atoms with Crippen LogP contribution in [0.5, 0.6) is 0 Å². The Morgan fingerprint density at radius 2 is 0.717 bits per heavy atom. The second-order valence-corrected chi connectivity index (χ2v) is 43.7. The molecule has 1 N–H and O–H groups in total. The van der Waals surface area contributed by atoms with Crippen LogP contribution in [0.2, 0.25) is 15.1 Å². The molecule has 4 aliphatic heterocycles. The highest BCUT2D eigenvalue weighted by Gasteiger charge is 2.41. The minimum Gasteiger partial charge on any atom is -0.479 e. The van der Waals surface area contributed by atoms with Crippen molar-refractivity contribution in [3.05, 3.63) is 175 Å². The van der Waals surface area contributed by atoms with E-state index in [1.807, 2.05) is 209 Å². The van der Waals surface area contributed by atoms with Crippen LogP contribution in [0.25, 0.3) is 130 Å². The van der Waals surface area contributed by atoms with Crippen molar-refractivity contribution in [3.8, 4) is 65.5 Å². The largest absolute Gasteiger partial charge is 0.479 e. The summed E-state index contributed by atoms with van der Waals surface area (Å²) in [4.78, 5) is 89.7. The highest BCUT2D eigenvalue weighted by Crippen LogP contribution is 2.51. The summed E-state index contributed by atoms with van der Waals surface area (Å²) in [6, 6.07) is 29.8. The van der Waals surface area contributed by atoms with Crippen molar-refractivity contribution < 1.29 is 52.6 Å². The molecule has 1 aliphatic carbocycles. The Morgan fingerprint density at radius 1 is 0.428 bits per heavy atom. The number of aryl methyl sites for hydroxylation is 6. The van der Waals surface area contributed by atoms with Crippen molar-refractivity contribution in [2.45, 2.75) is 220 Å². The average Bonchev–Trinajstić information content (AvgIpc) is 1.57. The van der Waals surface area contributed by atoms with Crippen LogP contribution in [0.3, 0.4) is 0 Å². The highest BCUT2D eigenvalue weighted by atomic mass is 35.5. The standard InChI is InChI=1S/C36H41ClN6O4S.C34H37ClN6O4S.C34H38ClN5O3S/c1-7-46-35(44)31(47-36(3,4)5)27-20(2)16-25-32(28(27)21-8-10-23(37)11-9-21)48-34(40-25)26-17-38-33-30(39-26)29(41-42(33)6)22-12-14-43(15-13-22)24-18-45-19-24;1-18-14-23-30(26(19-6-8-21(35)9-7-19)25(18)29(33(42)43)45-34(2,3)4)46-32(38-23)24-15-36-31-28(37-24)27(39-40(31)5)20-10-12-41(13-11-20)22-16-44-17-22;1-7-42-33(41)29(43-34(3,4)5)25-19(2)17-23-30(26(25)20-13-15-22(35)16-14-20)44-32(38-23)24-18-36-31-28(37-24)27(39-40(31)6)21-11-9-8-10-12-21/h8-11,16-17,22,24,31H,7,12-15,18-19H2,1-6H3;6-9,14-15,20,22,29H,10-13,16-17H2,1-5H3,(H,42,43);13-18,21,29H,7-12H2,1-6H3/t31-;2*29-/m000/s1. The van der Waals surface area contributed by atoms with Gasteiger partial charge in [-0.2, -0.15) is 15.3 Å². The summed E-state index contributed by atoms with van der Waals surface area (Å²) < 4.78 is 49.1. The van der Waals surface area contributed by atoms with E-state index in [0.29, 0.717) is 72.6 Å². The maximum absolute atomic E-state index is 13.5. The number of carbonyl (C=O) groups excluding carboxylic acids is 2. The maximum atomic E-state index is 13.5. The van der Waals surface area contributed by atoms with Gasteiger partial charge in [0.05, 0.1) is 135 Å². The van der Waals surface area contributed by atoms with Gasteiger partial charge in [0, 0.05) is 87.3 Å². The number of thiazole rings is 3. The van der Waals surface area contributed by atoms with Gasteiger partial charge in [0.25, 0.3) is 0 Å². The molecule has 138 heavy (non-hydrogen) atoms. The zero-order valence-corrected chi connectivity index (χ0v) is 85.7. The number of esters is 2. The molecule has 34 heteroatoms. The molecule has 722 valence electrons. The number of carboxylic acids is 1. The number of piperidine rings is 2. The molecule has 3 atom stereocenters. The molecule has 0 spiro atoms. The maximum Gasteiger partial charge on any atom is 0.339 e. The Bertz CT molecular complexity index is 7070. The van der Waals surface area contributed by atoms with E-state index in [2.05, 4.69) is 9.80 Å². The number of carbonyl (C=O) groups is 3. The van der Waals surface area contributed by atoms with Crippen LogP contribution < -0.4 is 0 Å². The first-order valence-corrected chi connectivity index (χ1v) is 51.0. The fraction of sp³-hybridized carbons (Fsp3) is 0.452. The van der Waals surface area contributed by atoms with Crippen molar-refractivity contribution in [3.63, 3.8) is 0 Å². The molecule has 0 unspecified atom stereocenters. The van der Waals surface area contributed by atoms with E-state index in [1.54, 1.807) is 32.4 Å². The number of likely N-dealkylation sites (tertiary alicyclic amines) is 2. The van der Waals surface area contributed by atoms with Crippen LogP contribution in [0, 0.1) is 20.8 Å². The van der Waals surface area contributed by atoms with Crippen molar-refractivity contribution in [2.24, 2.45) is 21.1 Å². The van der Waals surface area contributed by atoms with E-state index in [1.165, 1.54) is 53.3 Å². The zero-order valence-electron chi connectivity index (χ0n) is 80.9. The number of aliphatic carboxylic acids is 1. The first kappa shape index (κ1) is 97.8. The number of fused-ring (bicyclic) bond motifs is 6. The molecule has 13 heterocycles. The number of benzene rings is 6. The van der Waals surface area contributed by atoms with E-state index in [9.17, 15) is 19.5 Å². The second kappa shape index (κ2) is 40.3. The van der Waals surface area contributed by atoms with E-state index < -0.39 is 53.0 Å². The molecule has 28 nitrogen and oxygen atoms in total. The first-order valence-electron chi connectivity index (χ1n) is 47.4. The fourth-order valence-electron chi connectivity index (χ4n) is 19.5. The molecule has 1 saturated carbocycles. The number of aromatic nitrogens is 15. The van der Waals surface area contributed by atoms with Crippen LogP contribution >= 0.6 is 68.8 Å². The van der Waals surface area contributed by atoms with Crippen molar-refractivity contribution in [2.75, 3.05) is 65.8 Å². The SMILES string of the molecule is CCOC(=O)[C@@H](OC(C)(C)C)c1c(C)cc2nc(-c3cnc4c(n3)c(C3CCCCC3)nn4C)sc2c1-c1ccc(Cl)cc1.CCOC(=O)[C@@H](OC(C)(C)C)c1c(C)cc2nc(-c3cnc4c(n3)c(C3CCN(C5COC5)CC3)nn4C)sc2c1-c1ccc(Cl)cc1.Cc1cc2nc(-c3cnc4c(n3)c(C3CCN(C5COC5)CC3)nn4C)sc2c(-c2ccc(Cl)cc2)c1[C@H](OC(C)(C)C)C(=O)O. The summed E-state index contributed by atoms with van der Waals surface area (Å²) in [7, 11) is 5.78. The van der Waals surface area contributed by atoms with Crippen LogP contribution in [-0.4, -0.2) is 202 Å². The Balaban J connectivity index is 0.000000138. The lowest BCUT2D eigenvalue weighted by atomic mass is 9.87. The summed E-state index contributed by atoms with van der Waals surface area (Å²) in [6.45, 7) is 34.6. The molecule has 0 amide bonds. The molecule has 5 aliphatic rings. The summed E-state index contributed by atoms with van der Waals surface area (Å²) in [5.74, 6) is -0.884. The molecular weight excluding hydrogens is 1870 g/mol. The van der Waals surface area contributed by atoms with Gasteiger partial charge < -0.3 is 38.3 Å². The van der Waals surface area contributed by atoms with Crippen LogP contribution in [0.4, 0.5) is 0 Å². The lowest BCUT2D eigenvalue weighted by Gasteiger charge is -2.41.